The van der Waals surface area contributed by atoms with Crippen LogP contribution in [-0.2, 0) is 7.05 Å². The van der Waals surface area contributed by atoms with Gasteiger partial charge in [-0.3, -0.25) is 0 Å². The van der Waals surface area contributed by atoms with Crippen LogP contribution in [0.2, 0.25) is 0 Å². The number of aromatic nitrogens is 2. The van der Waals surface area contributed by atoms with Crippen molar-refractivity contribution >= 4 is 22.6 Å². The van der Waals surface area contributed by atoms with Gasteiger partial charge in [-0.2, -0.15) is 0 Å². The van der Waals surface area contributed by atoms with E-state index in [0.717, 1.165) is 9.53 Å². The minimum absolute atomic E-state index is 0.522. The van der Waals surface area contributed by atoms with Crippen LogP contribution in [-0.4, -0.2) is 9.55 Å². The predicted molar refractivity (Wildman–Crippen MR) is 50.0 cm³/mol. The number of rotatable bonds is 1. The van der Waals surface area contributed by atoms with E-state index in [0.29, 0.717) is 5.92 Å². The molecule has 0 aliphatic rings. The zero-order chi connectivity index (χ0) is 7.72. The lowest BCUT2D eigenvalue weighted by Crippen LogP contribution is -1.98. The van der Waals surface area contributed by atoms with E-state index in [4.69, 9.17) is 0 Å². The lowest BCUT2D eigenvalue weighted by molar-refractivity contribution is 0.711. The molecule has 1 aromatic heterocycles. The van der Waals surface area contributed by atoms with E-state index in [-0.39, 0.29) is 0 Å². The monoisotopic (exact) mass is 250 g/mol. The lowest BCUT2D eigenvalue weighted by atomic mass is 10.2. The quantitative estimate of drug-likeness (QED) is 0.698. The molecule has 0 aliphatic carbocycles. The molecule has 2 nitrogen and oxygen atoms in total. The first-order chi connectivity index (χ1) is 4.61. The molecule has 1 heterocycles. The fraction of sp³-hybridized carbons (Fsp3) is 0.571. The van der Waals surface area contributed by atoms with E-state index in [1.54, 1.807) is 0 Å². The van der Waals surface area contributed by atoms with Crippen molar-refractivity contribution in [3.05, 3.63) is 15.7 Å². The topological polar surface area (TPSA) is 17.8 Å². The Morgan fingerprint density at radius 2 is 2.20 bits per heavy atom. The van der Waals surface area contributed by atoms with Gasteiger partial charge in [0.15, 0.2) is 0 Å². The molecule has 0 saturated heterocycles. The number of hydrogen-bond donors (Lipinski definition) is 0. The highest BCUT2D eigenvalue weighted by Gasteiger charge is 2.05. The Labute approximate surface area is 74.8 Å². The molecule has 10 heavy (non-hydrogen) atoms. The van der Waals surface area contributed by atoms with Crippen molar-refractivity contribution in [1.82, 2.24) is 9.55 Å². The third-order valence-corrected chi connectivity index (χ3v) is 1.92. The van der Waals surface area contributed by atoms with Gasteiger partial charge in [0.1, 0.15) is 9.53 Å². The number of hydrogen-bond acceptors (Lipinski definition) is 1. The molecule has 0 fully saturated rings. The summed E-state index contributed by atoms with van der Waals surface area (Å²) in [6.07, 6.45) is 2.04. The summed E-state index contributed by atoms with van der Waals surface area (Å²) in [5, 5.41) is 0. The fourth-order valence-corrected chi connectivity index (χ4v) is 1.64. The summed E-state index contributed by atoms with van der Waals surface area (Å²) < 4.78 is 3.15. The fourth-order valence-electron chi connectivity index (χ4n) is 0.979. The molecule has 1 rings (SSSR count). The maximum Gasteiger partial charge on any atom is 0.119 e. The van der Waals surface area contributed by atoms with E-state index in [2.05, 4.69) is 46.0 Å². The SMILES string of the molecule is CC(C)c1nc(I)cn1C. The maximum absolute atomic E-state index is 4.36. The standard InChI is InChI=1S/C7H11IN2/c1-5(2)7-9-6(8)4-10(7)3/h4-5H,1-3H3. The lowest BCUT2D eigenvalue weighted by Gasteiger charge is -2.02. The molecular weight excluding hydrogens is 239 g/mol. The van der Waals surface area contributed by atoms with Gasteiger partial charge in [0, 0.05) is 19.2 Å². The Morgan fingerprint density at radius 1 is 1.60 bits per heavy atom. The maximum atomic E-state index is 4.36. The van der Waals surface area contributed by atoms with Crippen LogP contribution in [0.4, 0.5) is 0 Å². The molecule has 0 bridgehead atoms. The highest BCUT2D eigenvalue weighted by molar-refractivity contribution is 14.1. The second-order valence-corrected chi connectivity index (χ2v) is 3.79. The van der Waals surface area contributed by atoms with Gasteiger partial charge < -0.3 is 4.57 Å². The Morgan fingerprint density at radius 3 is 2.40 bits per heavy atom. The third kappa shape index (κ3) is 1.51. The van der Waals surface area contributed by atoms with Gasteiger partial charge in [0.05, 0.1) is 0 Å². The van der Waals surface area contributed by atoms with E-state index in [1.807, 2.05) is 13.2 Å². The first kappa shape index (κ1) is 8.04. The molecule has 0 spiro atoms. The summed E-state index contributed by atoms with van der Waals surface area (Å²) in [6.45, 7) is 4.30. The number of imidazole rings is 1. The summed E-state index contributed by atoms with van der Waals surface area (Å²) in [4.78, 5) is 4.36. The molecule has 0 saturated carbocycles. The first-order valence-electron chi connectivity index (χ1n) is 3.30. The second kappa shape index (κ2) is 2.90. The number of nitrogens with zero attached hydrogens (tertiary/aromatic N) is 2. The van der Waals surface area contributed by atoms with Crippen LogP contribution in [0.15, 0.2) is 6.20 Å². The average molecular weight is 250 g/mol. The summed E-state index contributed by atoms with van der Waals surface area (Å²) in [7, 11) is 2.03. The van der Waals surface area contributed by atoms with Gasteiger partial charge in [-0.05, 0) is 22.6 Å². The molecule has 1 aromatic rings. The molecule has 0 radical (unpaired) electrons. The minimum Gasteiger partial charge on any atom is -0.337 e. The van der Waals surface area contributed by atoms with Crippen LogP contribution in [0.25, 0.3) is 0 Å². The summed E-state index contributed by atoms with van der Waals surface area (Å²) in [5.74, 6) is 1.68. The zero-order valence-electron chi connectivity index (χ0n) is 6.43. The first-order valence-corrected chi connectivity index (χ1v) is 4.38. The minimum atomic E-state index is 0.522. The van der Waals surface area contributed by atoms with Crippen LogP contribution in [0.5, 0.6) is 0 Å². The van der Waals surface area contributed by atoms with Crippen LogP contribution in [0.3, 0.4) is 0 Å². The Bertz CT molecular complexity index is 228. The highest BCUT2D eigenvalue weighted by atomic mass is 127. The van der Waals surface area contributed by atoms with Crippen molar-refractivity contribution in [2.45, 2.75) is 19.8 Å². The van der Waals surface area contributed by atoms with Gasteiger partial charge in [-0.1, -0.05) is 13.8 Å². The number of aryl methyl sites for hydroxylation is 1. The van der Waals surface area contributed by atoms with Gasteiger partial charge >= 0.3 is 0 Å². The van der Waals surface area contributed by atoms with Crippen LogP contribution in [0, 0.1) is 3.70 Å². The van der Waals surface area contributed by atoms with Crippen LogP contribution < -0.4 is 0 Å². The summed E-state index contributed by atoms with van der Waals surface area (Å²) >= 11 is 2.23. The van der Waals surface area contributed by atoms with E-state index >= 15 is 0 Å². The van der Waals surface area contributed by atoms with Gasteiger partial charge in [0.2, 0.25) is 0 Å². The molecule has 0 amide bonds. The zero-order valence-corrected chi connectivity index (χ0v) is 8.58. The van der Waals surface area contributed by atoms with Gasteiger partial charge in [-0.15, -0.1) is 0 Å². The largest absolute Gasteiger partial charge is 0.337 e. The molecule has 0 N–H and O–H groups in total. The van der Waals surface area contributed by atoms with Crippen LogP contribution in [0.1, 0.15) is 25.6 Å². The van der Waals surface area contributed by atoms with Crippen molar-refractivity contribution in [3.8, 4) is 0 Å². The molecule has 0 aromatic carbocycles. The number of halogens is 1. The molecule has 0 atom stereocenters. The molecule has 0 unspecified atom stereocenters. The highest BCUT2D eigenvalue weighted by Crippen LogP contribution is 2.13. The second-order valence-electron chi connectivity index (χ2n) is 2.69. The normalized spacial score (nSPS) is 10.9. The van der Waals surface area contributed by atoms with E-state index in [1.165, 1.54) is 0 Å². The van der Waals surface area contributed by atoms with Gasteiger partial charge in [-0.25, -0.2) is 4.98 Å². The third-order valence-electron chi connectivity index (χ3n) is 1.40. The molecule has 56 valence electrons. The molecule has 0 aliphatic heterocycles. The molecular formula is C7H11IN2. The van der Waals surface area contributed by atoms with Crippen molar-refractivity contribution in [2.24, 2.45) is 7.05 Å². The van der Waals surface area contributed by atoms with Crippen molar-refractivity contribution < 1.29 is 0 Å². The van der Waals surface area contributed by atoms with E-state index in [9.17, 15) is 0 Å². The van der Waals surface area contributed by atoms with Crippen molar-refractivity contribution in [3.63, 3.8) is 0 Å². The smallest absolute Gasteiger partial charge is 0.119 e. The molecule has 3 heteroatoms. The average Bonchev–Trinajstić information content (AvgIpc) is 2.10. The Balaban J connectivity index is 3.03. The van der Waals surface area contributed by atoms with Gasteiger partial charge in [0.25, 0.3) is 0 Å². The summed E-state index contributed by atoms with van der Waals surface area (Å²) in [5.41, 5.74) is 0. The summed E-state index contributed by atoms with van der Waals surface area (Å²) in [6, 6.07) is 0. The van der Waals surface area contributed by atoms with Crippen LogP contribution >= 0.6 is 22.6 Å². The Hall–Kier alpha value is -0.0600. The van der Waals surface area contributed by atoms with Crippen molar-refractivity contribution in [1.29, 1.82) is 0 Å². The Kier molecular flexibility index (Phi) is 2.33. The van der Waals surface area contributed by atoms with E-state index < -0.39 is 0 Å². The van der Waals surface area contributed by atoms with Crippen molar-refractivity contribution in [2.75, 3.05) is 0 Å². The predicted octanol–water partition coefficient (Wildman–Crippen LogP) is 2.15.